The summed E-state index contributed by atoms with van der Waals surface area (Å²) in [5.74, 6) is -1.07. The highest BCUT2D eigenvalue weighted by atomic mass is 32.2. The highest BCUT2D eigenvalue weighted by Gasteiger charge is 2.24. The quantitative estimate of drug-likeness (QED) is 0.818. The molecule has 0 radical (unpaired) electrons. The van der Waals surface area contributed by atoms with E-state index in [1.165, 1.54) is 12.1 Å². The lowest BCUT2D eigenvalue weighted by Gasteiger charge is -2.14. The first kappa shape index (κ1) is 15.7. The van der Waals surface area contributed by atoms with Gasteiger partial charge in [-0.15, -0.1) is 0 Å². The first-order valence-corrected chi connectivity index (χ1v) is 8.41. The molecule has 0 aromatic heterocycles. The number of hydrogen-bond donors (Lipinski definition) is 2. The van der Waals surface area contributed by atoms with Gasteiger partial charge >= 0.3 is 5.97 Å². The Labute approximate surface area is 124 Å². The number of carboxylic acid groups (broad SMARTS) is 1. The van der Waals surface area contributed by atoms with Crippen molar-refractivity contribution in [3.63, 3.8) is 0 Å². The number of aryl methyl sites for hydroxylation is 1. The number of carbonyl (C=O) groups is 1. The largest absolute Gasteiger partial charge is 0.478 e. The van der Waals surface area contributed by atoms with Crippen molar-refractivity contribution in [3.05, 3.63) is 35.4 Å². The molecular formula is C15H19NO4S. The second kappa shape index (κ2) is 6.41. The summed E-state index contributed by atoms with van der Waals surface area (Å²) in [5.41, 5.74) is 1.20. The molecule has 2 rings (SSSR count). The number of rotatable bonds is 5. The normalized spacial score (nSPS) is 16.6. The third-order valence-electron chi connectivity index (χ3n) is 3.60. The first-order valence-electron chi connectivity index (χ1n) is 6.92. The second-order valence-electron chi connectivity index (χ2n) is 5.30. The van der Waals surface area contributed by atoms with Crippen LogP contribution in [-0.2, 0) is 14.8 Å². The Bertz CT molecular complexity index is 658. The number of aliphatic carboxylic acids is 1. The molecule has 5 nitrogen and oxygen atoms in total. The van der Waals surface area contributed by atoms with Gasteiger partial charge in [0.25, 0.3) is 0 Å². The van der Waals surface area contributed by atoms with Crippen molar-refractivity contribution in [2.45, 2.75) is 43.5 Å². The summed E-state index contributed by atoms with van der Waals surface area (Å²) < 4.78 is 27.6. The highest BCUT2D eigenvalue weighted by Crippen LogP contribution is 2.23. The zero-order valence-electron chi connectivity index (χ0n) is 11.9. The molecule has 1 aromatic rings. The molecule has 21 heavy (non-hydrogen) atoms. The lowest BCUT2D eigenvalue weighted by atomic mass is 10.1. The van der Waals surface area contributed by atoms with Crippen molar-refractivity contribution in [1.82, 2.24) is 4.72 Å². The molecule has 0 aliphatic heterocycles. The third kappa shape index (κ3) is 4.15. The Morgan fingerprint density at radius 2 is 2.00 bits per heavy atom. The molecule has 114 valence electrons. The van der Waals surface area contributed by atoms with Gasteiger partial charge in [0.05, 0.1) is 4.90 Å². The molecule has 0 amide bonds. The molecule has 0 atom stereocenters. The van der Waals surface area contributed by atoms with Crippen LogP contribution in [0.5, 0.6) is 0 Å². The van der Waals surface area contributed by atoms with E-state index in [2.05, 4.69) is 4.72 Å². The van der Waals surface area contributed by atoms with Crippen molar-refractivity contribution < 1.29 is 18.3 Å². The lowest BCUT2D eigenvalue weighted by Crippen LogP contribution is -2.33. The number of hydrogen-bond acceptors (Lipinski definition) is 3. The van der Waals surface area contributed by atoms with E-state index < -0.39 is 16.0 Å². The van der Waals surface area contributed by atoms with Gasteiger partial charge in [-0.3, -0.25) is 0 Å². The van der Waals surface area contributed by atoms with Crippen LogP contribution in [0.3, 0.4) is 0 Å². The molecule has 1 aliphatic carbocycles. The summed E-state index contributed by atoms with van der Waals surface area (Å²) in [4.78, 5) is 10.7. The van der Waals surface area contributed by atoms with Gasteiger partial charge in [-0.2, -0.15) is 0 Å². The summed E-state index contributed by atoms with van der Waals surface area (Å²) in [6, 6.07) is 4.90. The Morgan fingerprint density at radius 1 is 1.33 bits per heavy atom. The monoisotopic (exact) mass is 309 g/mol. The van der Waals surface area contributed by atoms with E-state index in [1.54, 1.807) is 19.1 Å². The molecule has 0 spiro atoms. The van der Waals surface area contributed by atoms with Crippen molar-refractivity contribution >= 4 is 22.1 Å². The van der Waals surface area contributed by atoms with Gasteiger partial charge in [-0.25, -0.2) is 17.9 Å². The van der Waals surface area contributed by atoms with Crippen LogP contribution in [0.1, 0.15) is 36.8 Å². The van der Waals surface area contributed by atoms with Gasteiger partial charge in [-0.1, -0.05) is 25.0 Å². The third-order valence-corrected chi connectivity index (χ3v) is 5.26. The van der Waals surface area contributed by atoms with Gasteiger partial charge in [0.1, 0.15) is 0 Å². The van der Waals surface area contributed by atoms with Crippen LogP contribution in [0.4, 0.5) is 0 Å². The Balaban J connectivity index is 2.28. The smallest absolute Gasteiger partial charge is 0.328 e. The zero-order chi connectivity index (χ0) is 15.5. The number of carboxylic acids is 1. The molecule has 0 bridgehead atoms. The average molecular weight is 309 g/mol. The molecule has 1 fully saturated rings. The van der Waals surface area contributed by atoms with Crippen molar-refractivity contribution in [3.8, 4) is 0 Å². The van der Waals surface area contributed by atoms with Crippen LogP contribution < -0.4 is 4.72 Å². The lowest BCUT2D eigenvalue weighted by molar-refractivity contribution is -0.131. The van der Waals surface area contributed by atoms with Gasteiger partial charge in [0.2, 0.25) is 10.0 Å². The standard InChI is InChI=1S/C15H19NO4S/c1-11-6-7-12(8-9-15(17)18)10-14(11)21(19,20)16-13-4-2-3-5-13/h6-10,13,16H,2-5H2,1H3,(H,17,18). The average Bonchev–Trinajstić information content (AvgIpc) is 2.89. The number of sulfonamides is 1. The van der Waals surface area contributed by atoms with E-state index in [4.69, 9.17) is 5.11 Å². The van der Waals surface area contributed by atoms with Crippen LogP contribution in [0, 0.1) is 6.92 Å². The van der Waals surface area contributed by atoms with E-state index in [0.29, 0.717) is 11.1 Å². The van der Waals surface area contributed by atoms with Crippen LogP contribution in [0.15, 0.2) is 29.2 Å². The van der Waals surface area contributed by atoms with E-state index in [9.17, 15) is 13.2 Å². The number of nitrogens with one attached hydrogen (secondary N) is 1. The zero-order valence-corrected chi connectivity index (χ0v) is 12.7. The Hall–Kier alpha value is -1.66. The topological polar surface area (TPSA) is 83.5 Å². The van der Waals surface area contributed by atoms with Gasteiger partial charge in [-0.05, 0) is 43.0 Å². The van der Waals surface area contributed by atoms with Crippen LogP contribution in [0.2, 0.25) is 0 Å². The predicted molar refractivity (Wildman–Crippen MR) is 80.4 cm³/mol. The number of benzene rings is 1. The fourth-order valence-corrected chi connectivity index (χ4v) is 4.09. The molecule has 1 aliphatic rings. The maximum absolute atomic E-state index is 12.4. The summed E-state index contributed by atoms with van der Waals surface area (Å²) >= 11 is 0. The maximum Gasteiger partial charge on any atom is 0.328 e. The molecule has 6 heteroatoms. The first-order chi connectivity index (χ1) is 9.88. The van der Waals surface area contributed by atoms with Crippen molar-refractivity contribution in [1.29, 1.82) is 0 Å². The molecule has 0 saturated heterocycles. The van der Waals surface area contributed by atoms with Crippen LogP contribution in [-0.4, -0.2) is 25.5 Å². The second-order valence-corrected chi connectivity index (χ2v) is 6.98. The van der Waals surface area contributed by atoms with Crippen molar-refractivity contribution in [2.75, 3.05) is 0 Å². The Kier molecular flexibility index (Phi) is 4.80. The predicted octanol–water partition coefficient (Wildman–Crippen LogP) is 2.31. The molecule has 0 unspecified atom stereocenters. The van der Waals surface area contributed by atoms with Crippen LogP contribution in [0.25, 0.3) is 6.08 Å². The van der Waals surface area contributed by atoms with Gasteiger partial charge in [0, 0.05) is 12.1 Å². The molecular weight excluding hydrogens is 290 g/mol. The molecule has 0 heterocycles. The maximum atomic E-state index is 12.4. The minimum atomic E-state index is -3.57. The summed E-state index contributed by atoms with van der Waals surface area (Å²) in [5, 5.41) is 8.63. The van der Waals surface area contributed by atoms with E-state index in [-0.39, 0.29) is 10.9 Å². The van der Waals surface area contributed by atoms with Gasteiger partial charge < -0.3 is 5.11 Å². The summed E-state index contributed by atoms with van der Waals surface area (Å²) in [6.45, 7) is 1.73. The van der Waals surface area contributed by atoms with E-state index in [1.807, 2.05) is 0 Å². The van der Waals surface area contributed by atoms with E-state index >= 15 is 0 Å². The van der Waals surface area contributed by atoms with Crippen molar-refractivity contribution in [2.24, 2.45) is 0 Å². The molecule has 1 aromatic carbocycles. The molecule has 1 saturated carbocycles. The van der Waals surface area contributed by atoms with E-state index in [0.717, 1.165) is 31.8 Å². The van der Waals surface area contributed by atoms with Crippen LogP contribution >= 0.6 is 0 Å². The SMILES string of the molecule is Cc1ccc(C=CC(=O)O)cc1S(=O)(=O)NC1CCCC1. The summed E-state index contributed by atoms with van der Waals surface area (Å²) in [6.07, 6.45) is 6.22. The fraction of sp³-hybridized carbons (Fsp3) is 0.400. The van der Waals surface area contributed by atoms with Gasteiger partial charge in [0.15, 0.2) is 0 Å². The Morgan fingerprint density at radius 3 is 2.62 bits per heavy atom. The fourth-order valence-electron chi connectivity index (χ4n) is 2.50. The minimum absolute atomic E-state index is 0.00705. The highest BCUT2D eigenvalue weighted by molar-refractivity contribution is 7.89. The molecule has 2 N–H and O–H groups in total. The summed E-state index contributed by atoms with van der Waals surface area (Å²) in [7, 11) is -3.57. The minimum Gasteiger partial charge on any atom is -0.478 e.